The number of rotatable bonds is 5. The van der Waals surface area contributed by atoms with Gasteiger partial charge in [-0.3, -0.25) is 24.4 Å². The van der Waals surface area contributed by atoms with Gasteiger partial charge in [-0.1, -0.05) is 6.07 Å². The summed E-state index contributed by atoms with van der Waals surface area (Å²) in [5.41, 5.74) is 0.310. The first kappa shape index (κ1) is 19.7. The third kappa shape index (κ3) is 3.47. The van der Waals surface area contributed by atoms with Crippen LogP contribution in [0.1, 0.15) is 49.0 Å². The quantitative estimate of drug-likeness (QED) is 0.561. The maximum absolute atomic E-state index is 13.3. The number of amides is 2. The maximum Gasteiger partial charge on any atom is 0.320 e. The monoisotopic (exact) mass is 423 g/mol. The molecule has 31 heavy (non-hydrogen) atoms. The molecule has 9 heteroatoms. The van der Waals surface area contributed by atoms with Crippen molar-refractivity contribution >= 4 is 28.9 Å². The molecule has 162 valence electrons. The Hall–Kier alpha value is -3.23. The highest BCUT2D eigenvalue weighted by atomic mass is 16.6. The van der Waals surface area contributed by atoms with Crippen LogP contribution < -0.4 is 10.6 Å². The molecule has 0 unspecified atom stereocenters. The lowest BCUT2D eigenvalue weighted by molar-refractivity contribution is -0.385. The highest BCUT2D eigenvalue weighted by molar-refractivity contribution is 6.06. The van der Waals surface area contributed by atoms with E-state index in [9.17, 15) is 19.7 Å². The highest BCUT2D eigenvalue weighted by Gasteiger charge is 2.54. The van der Waals surface area contributed by atoms with E-state index in [2.05, 4.69) is 15.7 Å². The summed E-state index contributed by atoms with van der Waals surface area (Å²) in [6.07, 6.45) is 7.80. The molecule has 9 nitrogen and oxygen atoms in total. The van der Waals surface area contributed by atoms with Crippen molar-refractivity contribution in [2.45, 2.75) is 38.5 Å². The molecule has 4 saturated carbocycles. The minimum absolute atomic E-state index is 0.0809. The Morgan fingerprint density at radius 2 is 1.68 bits per heavy atom. The number of carbonyl (C=O) groups excluding carboxylic acids is 2. The zero-order valence-corrected chi connectivity index (χ0v) is 17.3. The SMILES string of the molecule is Cn1ncc([N+](=O)[O-])c1C(=O)Nc1cccc(NC(=O)C23CC4CC(CC(C4)C2)C3)c1. The van der Waals surface area contributed by atoms with Gasteiger partial charge in [0.1, 0.15) is 6.20 Å². The summed E-state index contributed by atoms with van der Waals surface area (Å²) < 4.78 is 1.17. The Morgan fingerprint density at radius 1 is 1.10 bits per heavy atom. The molecule has 2 N–H and O–H groups in total. The molecule has 4 bridgehead atoms. The minimum atomic E-state index is -0.635. The van der Waals surface area contributed by atoms with Crippen LogP contribution in [0.5, 0.6) is 0 Å². The molecule has 0 saturated heterocycles. The van der Waals surface area contributed by atoms with Gasteiger partial charge in [0.25, 0.3) is 5.91 Å². The fraction of sp³-hybridized carbons (Fsp3) is 0.500. The summed E-state index contributed by atoms with van der Waals surface area (Å²) >= 11 is 0. The highest BCUT2D eigenvalue weighted by Crippen LogP contribution is 2.60. The third-order valence-electron chi connectivity index (χ3n) is 7.23. The number of nitrogens with zero attached hydrogens (tertiary/aromatic N) is 3. The van der Waals surface area contributed by atoms with Crippen molar-refractivity contribution in [2.24, 2.45) is 30.2 Å². The molecule has 0 atom stereocenters. The number of hydrogen-bond acceptors (Lipinski definition) is 5. The van der Waals surface area contributed by atoms with E-state index in [-0.39, 0.29) is 22.7 Å². The van der Waals surface area contributed by atoms with Gasteiger partial charge in [-0.05, 0) is 74.5 Å². The Bertz CT molecular complexity index is 1040. The first-order valence-corrected chi connectivity index (χ1v) is 10.7. The first-order valence-electron chi connectivity index (χ1n) is 10.7. The summed E-state index contributed by atoms with van der Waals surface area (Å²) in [5.74, 6) is 1.49. The number of carbonyl (C=O) groups is 2. The van der Waals surface area contributed by atoms with Gasteiger partial charge in [-0.2, -0.15) is 5.10 Å². The molecule has 4 aliphatic carbocycles. The topological polar surface area (TPSA) is 119 Å². The molecule has 4 aliphatic rings. The van der Waals surface area contributed by atoms with E-state index in [1.807, 2.05) is 0 Å². The standard InChI is InChI=1S/C22H25N5O4/c1-26-19(18(12-23-26)27(30)31)20(28)24-16-3-2-4-17(8-16)25-21(29)22-9-13-5-14(10-22)7-15(6-13)11-22/h2-4,8,12-15H,5-7,9-11H2,1H3,(H,24,28)(H,25,29). The van der Waals surface area contributed by atoms with E-state index in [1.165, 1.54) is 31.0 Å². The average molecular weight is 423 g/mol. The van der Waals surface area contributed by atoms with E-state index in [4.69, 9.17) is 0 Å². The number of benzene rings is 1. The maximum atomic E-state index is 13.3. The fourth-order valence-corrected chi connectivity index (χ4v) is 6.34. The largest absolute Gasteiger partial charge is 0.326 e. The number of nitrogens with one attached hydrogen (secondary N) is 2. The zero-order chi connectivity index (χ0) is 21.8. The van der Waals surface area contributed by atoms with Gasteiger partial charge >= 0.3 is 5.69 Å². The van der Waals surface area contributed by atoms with E-state index in [0.29, 0.717) is 29.1 Å². The van der Waals surface area contributed by atoms with Gasteiger partial charge in [0.2, 0.25) is 11.6 Å². The molecule has 1 aromatic carbocycles. The molecule has 0 spiro atoms. The number of nitro groups is 1. The van der Waals surface area contributed by atoms with E-state index in [1.54, 1.807) is 24.3 Å². The minimum Gasteiger partial charge on any atom is -0.326 e. The average Bonchev–Trinajstić information content (AvgIpc) is 3.09. The fourth-order valence-electron chi connectivity index (χ4n) is 6.34. The zero-order valence-electron chi connectivity index (χ0n) is 17.3. The number of aryl methyl sites for hydroxylation is 1. The van der Waals surface area contributed by atoms with Crippen molar-refractivity contribution in [1.29, 1.82) is 0 Å². The molecule has 1 heterocycles. The number of anilines is 2. The Labute approximate surface area is 179 Å². The van der Waals surface area contributed by atoms with Crippen molar-refractivity contribution in [1.82, 2.24) is 9.78 Å². The van der Waals surface area contributed by atoms with Gasteiger partial charge < -0.3 is 10.6 Å². The third-order valence-corrected chi connectivity index (χ3v) is 7.23. The van der Waals surface area contributed by atoms with Crippen LogP contribution in [-0.2, 0) is 11.8 Å². The van der Waals surface area contributed by atoms with Gasteiger partial charge in [0.15, 0.2) is 0 Å². The second-order valence-corrected chi connectivity index (χ2v) is 9.45. The van der Waals surface area contributed by atoms with Crippen LogP contribution >= 0.6 is 0 Å². The van der Waals surface area contributed by atoms with Crippen molar-refractivity contribution in [3.8, 4) is 0 Å². The summed E-state index contributed by atoms with van der Waals surface area (Å²) in [4.78, 5) is 36.4. The van der Waals surface area contributed by atoms with Gasteiger partial charge in [-0.25, -0.2) is 0 Å². The number of hydrogen-bond donors (Lipinski definition) is 2. The molecular weight excluding hydrogens is 398 g/mol. The lowest BCUT2D eigenvalue weighted by atomic mass is 9.49. The molecule has 0 aliphatic heterocycles. The van der Waals surface area contributed by atoms with Gasteiger partial charge in [-0.15, -0.1) is 0 Å². The molecule has 2 amide bonds. The Balaban J connectivity index is 1.31. The van der Waals surface area contributed by atoms with E-state index >= 15 is 0 Å². The summed E-state index contributed by atoms with van der Waals surface area (Å²) in [5, 5.41) is 20.7. The Kier molecular flexibility index (Phi) is 4.56. The molecule has 6 rings (SSSR count). The van der Waals surface area contributed by atoms with E-state index < -0.39 is 10.8 Å². The summed E-state index contributed by atoms with van der Waals surface area (Å²) in [6, 6.07) is 6.89. The van der Waals surface area contributed by atoms with Crippen molar-refractivity contribution in [3.05, 3.63) is 46.3 Å². The van der Waals surface area contributed by atoms with Gasteiger partial charge in [0.05, 0.1) is 10.3 Å². The smallest absolute Gasteiger partial charge is 0.320 e. The summed E-state index contributed by atoms with van der Waals surface area (Å²) in [7, 11) is 1.48. The van der Waals surface area contributed by atoms with Crippen molar-refractivity contribution in [2.75, 3.05) is 10.6 Å². The van der Waals surface area contributed by atoms with Crippen LogP contribution in [0.4, 0.5) is 17.1 Å². The number of aromatic nitrogens is 2. The van der Waals surface area contributed by atoms with Crippen LogP contribution in [-0.4, -0.2) is 26.5 Å². The van der Waals surface area contributed by atoms with E-state index in [0.717, 1.165) is 25.5 Å². The van der Waals surface area contributed by atoms with Crippen molar-refractivity contribution < 1.29 is 14.5 Å². The second kappa shape index (κ2) is 7.18. The molecular formula is C22H25N5O4. The van der Waals surface area contributed by atoms with Crippen LogP contribution in [0.2, 0.25) is 0 Å². The molecule has 2 aromatic rings. The molecule has 0 radical (unpaired) electrons. The lowest BCUT2D eigenvalue weighted by Gasteiger charge is -2.55. The van der Waals surface area contributed by atoms with Crippen LogP contribution in [0.3, 0.4) is 0 Å². The molecule has 4 fully saturated rings. The van der Waals surface area contributed by atoms with Crippen LogP contribution in [0, 0.1) is 33.3 Å². The predicted molar refractivity (Wildman–Crippen MR) is 113 cm³/mol. The van der Waals surface area contributed by atoms with Crippen LogP contribution in [0.25, 0.3) is 0 Å². The van der Waals surface area contributed by atoms with Gasteiger partial charge in [0, 0.05) is 18.4 Å². The summed E-state index contributed by atoms with van der Waals surface area (Å²) in [6.45, 7) is 0. The first-order chi connectivity index (χ1) is 14.8. The second-order valence-electron chi connectivity index (χ2n) is 9.45. The van der Waals surface area contributed by atoms with Crippen molar-refractivity contribution in [3.63, 3.8) is 0 Å². The normalized spacial score (nSPS) is 28.4. The Morgan fingerprint density at radius 3 is 2.26 bits per heavy atom. The molecule has 1 aromatic heterocycles. The predicted octanol–water partition coefficient (Wildman–Crippen LogP) is 3.74. The van der Waals surface area contributed by atoms with Crippen LogP contribution in [0.15, 0.2) is 30.5 Å². The lowest BCUT2D eigenvalue weighted by Crippen LogP contribution is -2.51.